The van der Waals surface area contributed by atoms with Crippen LogP contribution in [-0.2, 0) is 16.2 Å². The fourth-order valence-corrected chi connectivity index (χ4v) is 23.0. The average molecular weight is 1860 g/mol. The molecule has 6 heteroatoms. The monoisotopic (exact) mass is 1850 g/mol. The molecule has 2 atom stereocenters. The van der Waals surface area contributed by atoms with Gasteiger partial charge in [-0.3, -0.25) is 0 Å². The predicted molar refractivity (Wildman–Crippen MR) is 601 cm³/mol. The molecule has 0 saturated carbocycles. The number of hydrogen-bond acceptors (Lipinski definition) is 6. The van der Waals surface area contributed by atoms with E-state index in [2.05, 4.69) is 542 Å². The molecule has 3 aliphatic carbocycles. The van der Waals surface area contributed by atoms with Crippen molar-refractivity contribution in [3.05, 3.63) is 649 Å². The van der Waals surface area contributed by atoms with Gasteiger partial charge in [-0.2, -0.15) is 0 Å². The van der Waals surface area contributed by atoms with Gasteiger partial charge in [0.15, 0.2) is 0 Å². The zero-order chi connectivity index (χ0) is 96.8. The molecule has 0 fully saturated rings. The van der Waals surface area contributed by atoms with Crippen molar-refractivity contribution >= 4 is 80.4 Å². The van der Waals surface area contributed by atoms with Gasteiger partial charge in [0.25, 0.3) is 0 Å². The van der Waals surface area contributed by atoms with Crippen molar-refractivity contribution in [1.29, 1.82) is 0 Å². The van der Waals surface area contributed by atoms with Gasteiger partial charge in [0.05, 0.1) is 16.2 Å². The predicted octanol–water partition coefficient (Wildman–Crippen LogP) is 36.9. The van der Waals surface area contributed by atoms with Gasteiger partial charge in [-0.1, -0.05) is 389 Å². The Morgan fingerprint density at radius 3 is 0.586 bits per heavy atom. The lowest BCUT2D eigenvalue weighted by atomic mass is 9.67. The highest BCUT2D eigenvalue weighted by Gasteiger charge is 2.50. The van der Waals surface area contributed by atoms with E-state index in [1.54, 1.807) is 0 Å². The van der Waals surface area contributed by atoms with Crippen LogP contribution in [0.4, 0.5) is 68.2 Å². The van der Waals surface area contributed by atoms with Gasteiger partial charge < -0.3 is 29.1 Å². The molecule has 0 amide bonds. The summed E-state index contributed by atoms with van der Waals surface area (Å²) in [6.45, 7) is 7.89. The number of rotatable bonds is 26. The number of fused-ring (bicyclic) bond motifs is 9. The summed E-state index contributed by atoms with van der Waals surface area (Å²) >= 11 is 0. The zero-order valence-electron chi connectivity index (χ0n) is 79.8. The van der Waals surface area contributed by atoms with Crippen molar-refractivity contribution < 1.29 is 9.47 Å². The first kappa shape index (κ1) is 87.6. The summed E-state index contributed by atoms with van der Waals surface area (Å²) in [5, 5.41) is 0. The van der Waals surface area contributed by atoms with E-state index in [4.69, 9.17) is 9.47 Å². The minimum absolute atomic E-state index is 0.654. The first-order chi connectivity index (χ1) is 71.8. The van der Waals surface area contributed by atoms with E-state index in [-0.39, 0.29) is 0 Å². The Balaban J connectivity index is 0.509. The second kappa shape index (κ2) is 37.4. The molecule has 145 heavy (non-hydrogen) atoms. The smallest absolute Gasteiger partial charge is 0.127 e. The van der Waals surface area contributed by atoms with Crippen molar-refractivity contribution in [2.45, 2.75) is 16.2 Å². The quantitative estimate of drug-likeness (QED) is 0.0537. The molecule has 0 heterocycles. The zero-order valence-corrected chi connectivity index (χ0v) is 79.8. The first-order valence-electron chi connectivity index (χ1n) is 49.6. The number of ether oxygens (including phenoxy) is 2. The topological polar surface area (TPSA) is 31.4 Å². The standard InChI is InChI=1S/C139H98N4O2/c1-3-97-51-85-121(86-52-97)144-123-89-67-107(68-90-123)138(103-31-11-5-12-32-103)133-49-29-25-45-127(133)129-93-83-119(95-135(129)138)142(111-39-19-9-20-40-111)115-75-59-101(60-76-115)99-55-71-113(72-56-99)140(109-35-15-7-16-36-109)117-79-63-105(64-80-117)137(131-47-27-23-43-125(131)126-44-24-28-48-132(126)137)106-65-81-118(82-66-106)141(110-37-17-8-18-38-110)114-73-57-100(58-74-114)102-61-77-116(78-62-102)143(112-41-21-10-22-42-112)120-84-94-130-128-46-26-30-50-134(128)139(136(130)96-120,104-33-13-6-14-34-104)108-69-91-124(92-70-108)145-122-87-53-98(4-2)54-88-122/h3-96H,1-2H2. The van der Waals surface area contributed by atoms with Gasteiger partial charge in [0.2, 0.25) is 0 Å². The van der Waals surface area contributed by atoms with Crippen LogP contribution in [0.1, 0.15) is 77.9 Å². The molecule has 2 unspecified atom stereocenters. The number of para-hydroxylation sites is 4. The molecule has 22 aromatic carbocycles. The van der Waals surface area contributed by atoms with E-state index in [1.807, 2.05) is 60.7 Å². The summed E-state index contributed by atoms with van der Waals surface area (Å²) in [7, 11) is 0. The SMILES string of the molecule is C=Cc1ccc(Oc2ccc(C3(c4ccccc4)c4ccccc4-c4ccc(N(c5ccccc5)c5ccc(-c6ccc(N(c7ccccc7)c7ccc(C8(c9ccc(N(c%10ccccc%10)c%10ccc(-c%11ccc(N(c%12ccccc%12)c%12ccc%13c(c%12)C(c%12ccccc%12)(c%12ccc(Oc%14ccc(C=C)cc%14)cc%12)c%12ccccc%12-%13)cc%11)cc%10)cc9)c9ccccc9-c9ccccc98)cc7)cc6)cc5)cc43)cc2)cc1. The molecule has 0 N–H and O–H groups in total. The van der Waals surface area contributed by atoms with Gasteiger partial charge in [-0.05, 0) is 328 Å². The summed E-state index contributed by atoms with van der Waals surface area (Å²) in [5.41, 5.74) is 38.9. The summed E-state index contributed by atoms with van der Waals surface area (Å²) in [4.78, 5) is 9.53. The van der Waals surface area contributed by atoms with Gasteiger partial charge in [-0.25, -0.2) is 0 Å². The number of hydrogen-bond donors (Lipinski definition) is 0. The van der Waals surface area contributed by atoms with Gasteiger partial charge in [0, 0.05) is 68.2 Å². The average Bonchev–Trinajstić information content (AvgIpc) is 1.55. The van der Waals surface area contributed by atoms with E-state index >= 15 is 0 Å². The highest BCUT2D eigenvalue weighted by atomic mass is 16.5. The van der Waals surface area contributed by atoms with Crippen LogP contribution in [0.25, 0.3) is 67.8 Å². The molecular formula is C139H98N4O2. The van der Waals surface area contributed by atoms with E-state index < -0.39 is 16.2 Å². The Bertz CT molecular complexity index is 7980. The van der Waals surface area contributed by atoms with Crippen LogP contribution < -0.4 is 29.1 Å². The second-order valence-electron chi connectivity index (χ2n) is 37.4. The maximum atomic E-state index is 6.47. The minimum atomic E-state index is -0.677. The summed E-state index contributed by atoms with van der Waals surface area (Å²) in [6.07, 6.45) is 3.69. The Hall–Kier alpha value is -18.9. The number of benzene rings is 22. The Labute approximate surface area is 847 Å². The highest BCUT2D eigenvalue weighted by molar-refractivity contribution is 5.95. The van der Waals surface area contributed by atoms with Gasteiger partial charge in [0.1, 0.15) is 23.0 Å². The molecular weight excluding hydrogens is 1760 g/mol. The molecule has 0 radical (unpaired) electrons. The Morgan fingerprint density at radius 1 is 0.152 bits per heavy atom. The van der Waals surface area contributed by atoms with E-state index in [1.165, 1.54) is 89.0 Å². The largest absolute Gasteiger partial charge is 0.457 e. The summed E-state index contributed by atoms with van der Waals surface area (Å²) in [6, 6.07) is 203. The van der Waals surface area contributed by atoms with Crippen LogP contribution >= 0.6 is 0 Å². The van der Waals surface area contributed by atoms with Crippen LogP contribution in [0.3, 0.4) is 0 Å². The maximum Gasteiger partial charge on any atom is 0.127 e. The summed E-state index contributed by atoms with van der Waals surface area (Å²) < 4.78 is 12.9. The lowest BCUT2D eigenvalue weighted by molar-refractivity contribution is 0.482. The molecule has 6 nitrogen and oxygen atoms in total. The van der Waals surface area contributed by atoms with Crippen LogP contribution in [0.15, 0.2) is 571 Å². The van der Waals surface area contributed by atoms with Gasteiger partial charge in [-0.15, -0.1) is 0 Å². The second-order valence-corrected chi connectivity index (χ2v) is 37.4. The van der Waals surface area contributed by atoms with Gasteiger partial charge >= 0.3 is 0 Å². The van der Waals surface area contributed by atoms with E-state index in [9.17, 15) is 0 Å². The maximum absolute atomic E-state index is 6.47. The molecule has 3 aliphatic rings. The van der Waals surface area contributed by atoms with Crippen LogP contribution in [0.5, 0.6) is 23.0 Å². The first-order valence-corrected chi connectivity index (χ1v) is 49.6. The number of nitrogens with zero attached hydrogens (tertiary/aromatic N) is 4. The highest BCUT2D eigenvalue weighted by Crippen LogP contribution is 2.62. The third kappa shape index (κ3) is 15.4. The van der Waals surface area contributed by atoms with Crippen molar-refractivity contribution in [3.63, 3.8) is 0 Å². The van der Waals surface area contributed by atoms with E-state index in [0.717, 1.165) is 136 Å². The molecule has 686 valence electrons. The van der Waals surface area contributed by atoms with Crippen molar-refractivity contribution in [3.8, 4) is 78.6 Å². The third-order valence-electron chi connectivity index (χ3n) is 29.6. The number of anilines is 12. The summed E-state index contributed by atoms with van der Waals surface area (Å²) in [5.74, 6) is 3.08. The van der Waals surface area contributed by atoms with Crippen molar-refractivity contribution in [2.24, 2.45) is 0 Å². The molecule has 22 aromatic rings. The lowest BCUT2D eigenvalue weighted by Gasteiger charge is -2.35. The molecule has 0 saturated heterocycles. The minimum Gasteiger partial charge on any atom is -0.457 e. The van der Waals surface area contributed by atoms with Crippen LogP contribution in [0, 0.1) is 0 Å². The van der Waals surface area contributed by atoms with Crippen LogP contribution in [-0.4, -0.2) is 0 Å². The fourth-order valence-electron chi connectivity index (χ4n) is 23.0. The molecule has 0 bridgehead atoms. The molecule has 0 spiro atoms. The van der Waals surface area contributed by atoms with Crippen molar-refractivity contribution in [2.75, 3.05) is 19.6 Å². The third-order valence-corrected chi connectivity index (χ3v) is 29.6. The lowest BCUT2D eigenvalue weighted by Crippen LogP contribution is -2.28. The van der Waals surface area contributed by atoms with E-state index in [0.29, 0.717) is 0 Å². The normalized spacial score (nSPS) is 14.1. The molecule has 0 aliphatic heterocycles. The Kier molecular flexibility index (Phi) is 22.6. The Morgan fingerprint density at radius 2 is 0.331 bits per heavy atom. The van der Waals surface area contributed by atoms with Crippen molar-refractivity contribution in [1.82, 2.24) is 0 Å². The fraction of sp³-hybridized carbons (Fsp3) is 0.0216. The van der Waals surface area contributed by atoms with Crippen LogP contribution in [0.2, 0.25) is 0 Å². The molecule has 0 aromatic heterocycles. The molecule has 25 rings (SSSR count).